The molecule has 2 fully saturated rings. The molecule has 4 heteroatoms. The molecule has 90 valence electrons. The Morgan fingerprint density at radius 2 is 1.94 bits per heavy atom. The van der Waals surface area contributed by atoms with Crippen LogP contribution in [0.3, 0.4) is 0 Å². The smallest absolute Gasteiger partial charge is 0.307 e. The van der Waals surface area contributed by atoms with E-state index in [4.69, 9.17) is 5.11 Å². The predicted octanol–water partition coefficient (Wildman–Crippen LogP) is 1.40. The molecule has 0 saturated heterocycles. The van der Waals surface area contributed by atoms with Gasteiger partial charge in [0.05, 0.1) is 11.8 Å². The largest absolute Gasteiger partial charge is 0.481 e. The van der Waals surface area contributed by atoms with Gasteiger partial charge in [0.25, 0.3) is 0 Å². The molecule has 2 aliphatic carbocycles. The second-order valence-corrected chi connectivity index (χ2v) is 5.51. The number of nitrogens with one attached hydrogen (secondary N) is 1. The van der Waals surface area contributed by atoms with Gasteiger partial charge in [-0.3, -0.25) is 9.59 Å². The lowest BCUT2D eigenvalue weighted by Crippen LogP contribution is -2.37. The van der Waals surface area contributed by atoms with Gasteiger partial charge in [-0.2, -0.15) is 0 Å². The van der Waals surface area contributed by atoms with Crippen molar-refractivity contribution in [3.05, 3.63) is 0 Å². The first-order valence-corrected chi connectivity index (χ1v) is 6.02. The fourth-order valence-corrected chi connectivity index (χ4v) is 2.39. The lowest BCUT2D eigenvalue weighted by molar-refractivity contribution is -0.146. The van der Waals surface area contributed by atoms with E-state index in [1.54, 1.807) is 0 Å². The number of carboxylic acid groups (broad SMARTS) is 1. The molecular formula is C12H19NO3. The summed E-state index contributed by atoms with van der Waals surface area (Å²) < 4.78 is 0. The molecule has 2 rings (SSSR count). The number of carbonyl (C=O) groups excluding carboxylic acids is 1. The summed E-state index contributed by atoms with van der Waals surface area (Å²) in [6.45, 7) is 2.85. The van der Waals surface area contributed by atoms with Crippen LogP contribution in [0.2, 0.25) is 0 Å². The van der Waals surface area contributed by atoms with Crippen LogP contribution in [0.15, 0.2) is 0 Å². The molecule has 2 atom stereocenters. The van der Waals surface area contributed by atoms with Crippen LogP contribution in [0.5, 0.6) is 0 Å². The molecule has 0 aromatic heterocycles. The van der Waals surface area contributed by atoms with Gasteiger partial charge >= 0.3 is 5.97 Å². The number of carboxylic acids is 1. The van der Waals surface area contributed by atoms with Crippen molar-refractivity contribution < 1.29 is 14.7 Å². The summed E-state index contributed by atoms with van der Waals surface area (Å²) in [5, 5.41) is 11.9. The van der Waals surface area contributed by atoms with E-state index in [-0.39, 0.29) is 17.2 Å². The first-order chi connectivity index (χ1) is 7.52. The van der Waals surface area contributed by atoms with Crippen LogP contribution < -0.4 is 5.32 Å². The van der Waals surface area contributed by atoms with Gasteiger partial charge in [-0.15, -0.1) is 0 Å². The zero-order valence-electron chi connectivity index (χ0n) is 9.66. The minimum absolute atomic E-state index is 0.0574. The first kappa shape index (κ1) is 11.4. The van der Waals surface area contributed by atoms with E-state index >= 15 is 0 Å². The van der Waals surface area contributed by atoms with E-state index in [0.717, 1.165) is 12.8 Å². The fraction of sp³-hybridized carbons (Fsp3) is 0.833. The molecule has 0 radical (unpaired) electrons. The molecule has 16 heavy (non-hydrogen) atoms. The Morgan fingerprint density at radius 1 is 1.31 bits per heavy atom. The van der Waals surface area contributed by atoms with Gasteiger partial charge in [0.15, 0.2) is 0 Å². The Balaban J connectivity index is 1.85. The van der Waals surface area contributed by atoms with Crippen molar-refractivity contribution in [3.8, 4) is 0 Å². The van der Waals surface area contributed by atoms with Gasteiger partial charge in [0, 0.05) is 6.54 Å². The Morgan fingerprint density at radius 3 is 2.50 bits per heavy atom. The average molecular weight is 225 g/mol. The van der Waals surface area contributed by atoms with Crippen molar-refractivity contribution in [1.29, 1.82) is 0 Å². The molecule has 0 bridgehead atoms. The topological polar surface area (TPSA) is 66.4 Å². The molecule has 0 heterocycles. The molecule has 4 nitrogen and oxygen atoms in total. The van der Waals surface area contributed by atoms with Crippen molar-refractivity contribution in [2.24, 2.45) is 17.3 Å². The molecule has 2 N–H and O–H groups in total. The minimum Gasteiger partial charge on any atom is -0.481 e. The van der Waals surface area contributed by atoms with Crippen molar-refractivity contribution in [1.82, 2.24) is 5.32 Å². The zero-order chi connectivity index (χ0) is 11.8. The molecule has 0 aliphatic heterocycles. The van der Waals surface area contributed by atoms with Crippen LogP contribution in [0.4, 0.5) is 0 Å². The Kier molecular flexibility index (Phi) is 2.91. The van der Waals surface area contributed by atoms with Crippen LogP contribution >= 0.6 is 0 Å². The maximum absolute atomic E-state index is 11.9. The number of rotatable bonds is 4. The third-order valence-electron chi connectivity index (χ3n) is 3.96. The number of hydrogen-bond acceptors (Lipinski definition) is 2. The lowest BCUT2D eigenvalue weighted by Gasteiger charge is -2.17. The third kappa shape index (κ3) is 2.36. The second-order valence-electron chi connectivity index (χ2n) is 5.51. The lowest BCUT2D eigenvalue weighted by atomic mass is 9.95. The maximum Gasteiger partial charge on any atom is 0.307 e. The number of carbonyl (C=O) groups is 2. The van der Waals surface area contributed by atoms with Gasteiger partial charge in [-0.05, 0) is 31.1 Å². The summed E-state index contributed by atoms with van der Waals surface area (Å²) in [5.41, 5.74) is 0.285. The zero-order valence-corrected chi connectivity index (χ0v) is 9.66. The summed E-state index contributed by atoms with van der Waals surface area (Å²) in [5.74, 6) is -1.65. The van der Waals surface area contributed by atoms with Crippen LogP contribution in [0.1, 0.15) is 39.0 Å². The van der Waals surface area contributed by atoms with Gasteiger partial charge in [-0.25, -0.2) is 0 Å². The molecule has 0 unspecified atom stereocenters. The van der Waals surface area contributed by atoms with Crippen LogP contribution in [0, 0.1) is 17.3 Å². The van der Waals surface area contributed by atoms with E-state index in [2.05, 4.69) is 12.2 Å². The van der Waals surface area contributed by atoms with Crippen molar-refractivity contribution in [2.75, 3.05) is 6.54 Å². The van der Waals surface area contributed by atoms with Crippen molar-refractivity contribution >= 4 is 11.9 Å². The SMILES string of the molecule is CC1(CNC(=O)[C@@H]2CCC[C@@H]2C(=O)O)CC1. The Hall–Kier alpha value is -1.06. The minimum atomic E-state index is -0.824. The third-order valence-corrected chi connectivity index (χ3v) is 3.96. The summed E-state index contributed by atoms with van der Waals surface area (Å²) in [6, 6.07) is 0. The molecule has 1 amide bonds. The highest BCUT2D eigenvalue weighted by molar-refractivity contribution is 5.85. The normalized spacial score (nSPS) is 31.1. The monoisotopic (exact) mass is 225 g/mol. The number of amides is 1. The highest BCUT2D eigenvalue weighted by Gasteiger charge is 2.40. The maximum atomic E-state index is 11.9. The van der Waals surface area contributed by atoms with E-state index in [9.17, 15) is 9.59 Å². The van der Waals surface area contributed by atoms with E-state index in [1.807, 2.05) is 0 Å². The number of aliphatic carboxylic acids is 1. The predicted molar refractivity (Wildman–Crippen MR) is 58.8 cm³/mol. The molecule has 0 spiro atoms. The molecule has 2 saturated carbocycles. The molecule has 2 aliphatic rings. The molecular weight excluding hydrogens is 206 g/mol. The molecule has 0 aromatic rings. The van der Waals surface area contributed by atoms with Crippen LogP contribution in [0.25, 0.3) is 0 Å². The highest BCUT2D eigenvalue weighted by Crippen LogP contribution is 2.44. The van der Waals surface area contributed by atoms with Gasteiger partial charge in [-0.1, -0.05) is 13.3 Å². The van der Waals surface area contributed by atoms with Crippen molar-refractivity contribution in [2.45, 2.75) is 39.0 Å². The van der Waals surface area contributed by atoms with Crippen LogP contribution in [-0.2, 0) is 9.59 Å². The van der Waals surface area contributed by atoms with Gasteiger partial charge < -0.3 is 10.4 Å². The van der Waals surface area contributed by atoms with Gasteiger partial charge in [0.1, 0.15) is 0 Å². The number of hydrogen-bond donors (Lipinski definition) is 2. The van der Waals surface area contributed by atoms with Crippen molar-refractivity contribution in [3.63, 3.8) is 0 Å². The standard InChI is InChI=1S/C12H19NO3/c1-12(5-6-12)7-13-10(14)8-3-2-4-9(8)11(15)16/h8-9H,2-7H2,1H3,(H,13,14)(H,15,16)/t8-,9+/m1/s1. The van der Waals surface area contributed by atoms with E-state index < -0.39 is 11.9 Å². The highest BCUT2D eigenvalue weighted by atomic mass is 16.4. The van der Waals surface area contributed by atoms with E-state index in [1.165, 1.54) is 12.8 Å². The quantitative estimate of drug-likeness (QED) is 0.760. The van der Waals surface area contributed by atoms with E-state index in [0.29, 0.717) is 13.0 Å². The second kappa shape index (κ2) is 4.07. The first-order valence-electron chi connectivity index (χ1n) is 6.02. The van der Waals surface area contributed by atoms with Gasteiger partial charge in [0.2, 0.25) is 5.91 Å². The summed E-state index contributed by atoms with van der Waals surface area (Å²) >= 11 is 0. The average Bonchev–Trinajstić information content (AvgIpc) is 2.81. The Labute approximate surface area is 95.4 Å². The summed E-state index contributed by atoms with van der Waals surface area (Å²) in [4.78, 5) is 22.8. The molecule has 0 aromatic carbocycles. The van der Waals surface area contributed by atoms with Crippen LogP contribution in [-0.4, -0.2) is 23.5 Å². The Bertz CT molecular complexity index is 309. The summed E-state index contributed by atoms with van der Waals surface area (Å²) in [6.07, 6.45) is 4.55. The summed E-state index contributed by atoms with van der Waals surface area (Å²) in [7, 11) is 0. The fourth-order valence-electron chi connectivity index (χ4n) is 2.39.